The van der Waals surface area contributed by atoms with E-state index in [1.165, 1.54) is 0 Å². The number of benzene rings is 1. The molecule has 1 fully saturated rings. The molecule has 0 aromatic heterocycles. The van der Waals surface area contributed by atoms with Gasteiger partial charge in [-0.2, -0.15) is 0 Å². The van der Waals surface area contributed by atoms with Crippen molar-refractivity contribution in [3.8, 4) is 5.75 Å². The van der Waals surface area contributed by atoms with Crippen LogP contribution in [0.5, 0.6) is 5.75 Å². The van der Waals surface area contributed by atoms with Crippen molar-refractivity contribution < 1.29 is 8.95 Å². The van der Waals surface area contributed by atoms with Crippen molar-refractivity contribution in [1.29, 1.82) is 0 Å². The van der Waals surface area contributed by atoms with Crippen LogP contribution in [0.15, 0.2) is 28.7 Å². The molecular formula is C12H16BrNO2S. The molecule has 3 nitrogen and oxygen atoms in total. The van der Waals surface area contributed by atoms with Gasteiger partial charge >= 0.3 is 0 Å². The molecule has 1 aliphatic heterocycles. The van der Waals surface area contributed by atoms with E-state index in [1.807, 2.05) is 24.3 Å². The molecule has 5 heteroatoms. The third-order valence-electron chi connectivity index (χ3n) is 2.68. The molecule has 2 rings (SSSR count). The smallest absolute Gasteiger partial charge is 0.119 e. The van der Waals surface area contributed by atoms with Crippen LogP contribution in [0.3, 0.4) is 0 Å². The molecule has 0 spiro atoms. The Kier molecular flexibility index (Phi) is 5.00. The molecule has 17 heavy (non-hydrogen) atoms. The fourth-order valence-electron chi connectivity index (χ4n) is 1.60. The number of hydrogen-bond acceptors (Lipinski definition) is 3. The summed E-state index contributed by atoms with van der Waals surface area (Å²) in [6.07, 6.45) is 0. The Balaban J connectivity index is 1.64. The van der Waals surface area contributed by atoms with Gasteiger partial charge < -0.3 is 10.1 Å². The molecule has 1 heterocycles. The molecule has 0 bridgehead atoms. The summed E-state index contributed by atoms with van der Waals surface area (Å²) in [6.45, 7) is 2.55. The lowest BCUT2D eigenvalue weighted by Gasteiger charge is -2.26. The van der Waals surface area contributed by atoms with Crippen LogP contribution in [0.4, 0.5) is 0 Å². The molecule has 1 N–H and O–H groups in total. The molecule has 1 aromatic carbocycles. The standard InChI is InChI=1S/C12H16BrNO2S/c13-11-1-3-12(4-2-11)16-5-6-17(15)9-10-7-14-8-10/h1-4,10,14H,5-9H2. The lowest BCUT2D eigenvalue weighted by atomic mass is 10.1. The first kappa shape index (κ1) is 13.1. The van der Waals surface area contributed by atoms with Crippen LogP contribution in [-0.4, -0.2) is 35.4 Å². The molecule has 1 aromatic rings. The van der Waals surface area contributed by atoms with Crippen molar-refractivity contribution in [2.24, 2.45) is 5.92 Å². The predicted molar refractivity (Wildman–Crippen MR) is 73.9 cm³/mol. The van der Waals surface area contributed by atoms with E-state index >= 15 is 0 Å². The van der Waals surface area contributed by atoms with E-state index in [4.69, 9.17) is 4.74 Å². The van der Waals surface area contributed by atoms with Crippen LogP contribution in [0.2, 0.25) is 0 Å². The summed E-state index contributed by atoms with van der Waals surface area (Å²) in [5.41, 5.74) is 0. The number of nitrogens with one attached hydrogen (secondary N) is 1. The van der Waals surface area contributed by atoms with Gasteiger partial charge in [-0.3, -0.25) is 4.21 Å². The first-order valence-electron chi connectivity index (χ1n) is 5.68. The zero-order valence-electron chi connectivity index (χ0n) is 9.52. The van der Waals surface area contributed by atoms with Gasteiger partial charge in [-0.1, -0.05) is 15.9 Å². The average molecular weight is 318 g/mol. The average Bonchev–Trinajstić information content (AvgIpc) is 2.26. The van der Waals surface area contributed by atoms with Crippen molar-refractivity contribution in [3.63, 3.8) is 0 Å². The maximum absolute atomic E-state index is 11.7. The minimum atomic E-state index is -0.751. The highest BCUT2D eigenvalue weighted by molar-refractivity contribution is 9.10. The van der Waals surface area contributed by atoms with E-state index in [1.54, 1.807) is 0 Å². The van der Waals surface area contributed by atoms with Gasteiger partial charge in [0, 0.05) is 34.1 Å². The van der Waals surface area contributed by atoms with Gasteiger partial charge in [0.2, 0.25) is 0 Å². The molecule has 1 unspecified atom stereocenters. The van der Waals surface area contributed by atoms with Crippen LogP contribution in [0, 0.1) is 5.92 Å². The Morgan fingerprint density at radius 2 is 2.06 bits per heavy atom. The lowest BCUT2D eigenvalue weighted by molar-refractivity contribution is 0.341. The molecule has 94 valence electrons. The molecule has 1 aliphatic rings. The number of halogens is 1. The van der Waals surface area contributed by atoms with Crippen LogP contribution >= 0.6 is 15.9 Å². The third-order valence-corrected chi connectivity index (χ3v) is 4.67. The van der Waals surface area contributed by atoms with Crippen molar-refractivity contribution in [3.05, 3.63) is 28.7 Å². The zero-order valence-corrected chi connectivity index (χ0v) is 11.9. The molecule has 0 radical (unpaired) electrons. The minimum absolute atomic E-state index is 0.522. The molecule has 0 amide bonds. The summed E-state index contributed by atoms with van der Waals surface area (Å²) in [6, 6.07) is 7.68. The van der Waals surface area contributed by atoms with Crippen molar-refractivity contribution in [2.45, 2.75) is 0 Å². The second-order valence-corrected chi connectivity index (χ2v) is 6.67. The van der Waals surface area contributed by atoms with Crippen molar-refractivity contribution >= 4 is 26.7 Å². The summed E-state index contributed by atoms with van der Waals surface area (Å²) < 4.78 is 18.3. The molecule has 0 saturated carbocycles. The van der Waals surface area contributed by atoms with Gasteiger partial charge in [-0.05, 0) is 30.2 Å². The van der Waals surface area contributed by atoms with E-state index in [9.17, 15) is 4.21 Å². The first-order chi connectivity index (χ1) is 8.24. The Labute approximate surface area is 113 Å². The van der Waals surface area contributed by atoms with Crippen LogP contribution < -0.4 is 10.1 Å². The highest BCUT2D eigenvalue weighted by atomic mass is 79.9. The Morgan fingerprint density at radius 3 is 2.65 bits per heavy atom. The molecule has 0 aliphatic carbocycles. The lowest BCUT2D eigenvalue weighted by Crippen LogP contribution is -2.45. The van der Waals surface area contributed by atoms with E-state index < -0.39 is 10.8 Å². The maximum atomic E-state index is 11.7. The van der Waals surface area contributed by atoms with Gasteiger partial charge in [0.05, 0.1) is 12.4 Å². The van der Waals surface area contributed by atoms with Gasteiger partial charge in [0.1, 0.15) is 5.75 Å². The van der Waals surface area contributed by atoms with Crippen LogP contribution in [0.25, 0.3) is 0 Å². The van der Waals surface area contributed by atoms with E-state index in [0.717, 1.165) is 29.1 Å². The fraction of sp³-hybridized carbons (Fsp3) is 0.500. The SMILES string of the molecule is O=S(CCOc1ccc(Br)cc1)CC1CNC1. The summed E-state index contributed by atoms with van der Waals surface area (Å²) in [4.78, 5) is 0. The summed E-state index contributed by atoms with van der Waals surface area (Å²) >= 11 is 3.37. The summed E-state index contributed by atoms with van der Waals surface area (Å²) in [7, 11) is -0.751. The number of ether oxygens (including phenoxy) is 1. The minimum Gasteiger partial charge on any atom is -0.493 e. The van der Waals surface area contributed by atoms with E-state index in [2.05, 4.69) is 21.2 Å². The quantitative estimate of drug-likeness (QED) is 0.869. The normalized spacial score (nSPS) is 17.5. The zero-order chi connectivity index (χ0) is 12.1. The highest BCUT2D eigenvalue weighted by Crippen LogP contribution is 2.16. The van der Waals surface area contributed by atoms with E-state index in [0.29, 0.717) is 18.3 Å². The van der Waals surface area contributed by atoms with Gasteiger partial charge in [-0.15, -0.1) is 0 Å². The molecular weight excluding hydrogens is 302 g/mol. The van der Waals surface area contributed by atoms with Crippen molar-refractivity contribution in [2.75, 3.05) is 31.2 Å². The summed E-state index contributed by atoms with van der Waals surface area (Å²) in [5, 5.41) is 3.18. The predicted octanol–water partition coefficient (Wildman–Crippen LogP) is 1.80. The monoisotopic (exact) mass is 317 g/mol. The Morgan fingerprint density at radius 1 is 1.35 bits per heavy atom. The van der Waals surface area contributed by atoms with Crippen LogP contribution in [0.1, 0.15) is 0 Å². The van der Waals surface area contributed by atoms with Gasteiger partial charge in [0.15, 0.2) is 0 Å². The number of rotatable bonds is 6. The number of hydrogen-bond donors (Lipinski definition) is 1. The van der Waals surface area contributed by atoms with Crippen molar-refractivity contribution in [1.82, 2.24) is 5.32 Å². The Bertz CT molecular complexity index is 379. The second kappa shape index (κ2) is 6.52. The molecule has 1 atom stereocenters. The van der Waals surface area contributed by atoms with Crippen LogP contribution in [-0.2, 0) is 10.8 Å². The Hall–Kier alpha value is -0.390. The van der Waals surface area contributed by atoms with E-state index in [-0.39, 0.29) is 0 Å². The third kappa shape index (κ3) is 4.41. The fourth-order valence-corrected chi connectivity index (χ4v) is 3.06. The highest BCUT2D eigenvalue weighted by Gasteiger charge is 2.19. The largest absolute Gasteiger partial charge is 0.493 e. The topological polar surface area (TPSA) is 38.3 Å². The first-order valence-corrected chi connectivity index (χ1v) is 7.96. The van der Waals surface area contributed by atoms with Gasteiger partial charge in [-0.25, -0.2) is 0 Å². The molecule has 1 saturated heterocycles. The van der Waals surface area contributed by atoms with Gasteiger partial charge in [0.25, 0.3) is 0 Å². The maximum Gasteiger partial charge on any atom is 0.119 e. The second-order valence-electron chi connectivity index (χ2n) is 4.14. The summed E-state index contributed by atoms with van der Waals surface area (Å²) in [5.74, 6) is 2.85.